The molecule has 9 heteroatoms. The minimum atomic E-state index is -0.722. The number of nitrogens with zero attached hydrogens (tertiary/aromatic N) is 3. The number of fused-ring (bicyclic) bond motifs is 1. The summed E-state index contributed by atoms with van der Waals surface area (Å²) in [5.41, 5.74) is 0.918. The largest absolute Gasteiger partial charge is 0.490 e. The van der Waals surface area contributed by atoms with Crippen LogP contribution in [0.15, 0.2) is 41.2 Å². The number of para-hydroxylation sites is 2. The highest BCUT2D eigenvalue weighted by Crippen LogP contribution is 2.29. The number of aryl methyl sites for hydroxylation is 1. The Morgan fingerprint density at radius 3 is 2.71 bits per heavy atom. The molecule has 0 saturated heterocycles. The molecule has 1 aromatic heterocycles. The molecule has 0 saturated carbocycles. The Kier molecular flexibility index (Phi) is 7.00. The van der Waals surface area contributed by atoms with Crippen LogP contribution in [0, 0.1) is 5.82 Å². The van der Waals surface area contributed by atoms with Gasteiger partial charge in [-0.1, -0.05) is 25.5 Å². The number of hydrogen-bond acceptors (Lipinski definition) is 5. The van der Waals surface area contributed by atoms with Crippen molar-refractivity contribution in [3.63, 3.8) is 0 Å². The maximum atomic E-state index is 15.3. The third kappa shape index (κ3) is 4.69. The van der Waals surface area contributed by atoms with E-state index in [1.165, 1.54) is 6.07 Å². The van der Waals surface area contributed by atoms with E-state index in [1.54, 1.807) is 23.7 Å². The van der Waals surface area contributed by atoms with Gasteiger partial charge in [0.05, 0.1) is 23.0 Å². The first-order valence-electron chi connectivity index (χ1n) is 11.7. The van der Waals surface area contributed by atoms with Crippen LogP contribution in [0.1, 0.15) is 55.7 Å². The van der Waals surface area contributed by atoms with Crippen molar-refractivity contribution in [2.45, 2.75) is 58.6 Å². The summed E-state index contributed by atoms with van der Waals surface area (Å²) < 4.78 is 24.1. The summed E-state index contributed by atoms with van der Waals surface area (Å²) in [4.78, 5) is 26.1. The lowest BCUT2D eigenvalue weighted by molar-refractivity contribution is 0.101. The lowest BCUT2D eigenvalue weighted by atomic mass is 10.1. The molecule has 4 rings (SSSR count). The molecular weight excluding hydrogens is 437 g/mol. The van der Waals surface area contributed by atoms with Crippen molar-refractivity contribution in [1.29, 1.82) is 0 Å². The quantitative estimate of drug-likeness (QED) is 0.513. The summed E-state index contributed by atoms with van der Waals surface area (Å²) in [5.74, 6) is -0.388. The van der Waals surface area contributed by atoms with Crippen molar-refractivity contribution >= 4 is 17.3 Å². The molecular formula is C25H30FN5O3. The van der Waals surface area contributed by atoms with Gasteiger partial charge in [0.25, 0.3) is 5.91 Å². The van der Waals surface area contributed by atoms with Gasteiger partial charge in [0.1, 0.15) is 23.1 Å². The Morgan fingerprint density at radius 1 is 1.24 bits per heavy atom. The monoisotopic (exact) mass is 467 g/mol. The summed E-state index contributed by atoms with van der Waals surface area (Å²) in [7, 11) is 1.75. The Morgan fingerprint density at radius 2 is 2.00 bits per heavy atom. The molecule has 1 aliphatic heterocycles. The fourth-order valence-electron chi connectivity index (χ4n) is 4.22. The number of rotatable bonds is 8. The molecule has 2 heterocycles. The zero-order chi connectivity index (χ0) is 24.2. The van der Waals surface area contributed by atoms with Crippen LogP contribution in [0.5, 0.6) is 5.75 Å². The average molecular weight is 468 g/mol. The number of amides is 1. The molecule has 0 bridgehead atoms. The zero-order valence-corrected chi connectivity index (χ0v) is 19.7. The van der Waals surface area contributed by atoms with Crippen LogP contribution < -0.4 is 21.1 Å². The van der Waals surface area contributed by atoms with Gasteiger partial charge in [-0.15, -0.1) is 5.10 Å². The van der Waals surface area contributed by atoms with Gasteiger partial charge in [0.2, 0.25) is 0 Å². The molecule has 34 heavy (non-hydrogen) atoms. The Bertz CT molecular complexity index is 1250. The highest BCUT2D eigenvalue weighted by Gasteiger charge is 2.24. The molecule has 1 unspecified atom stereocenters. The molecule has 1 amide bonds. The van der Waals surface area contributed by atoms with E-state index in [0.29, 0.717) is 24.5 Å². The molecule has 2 aromatic carbocycles. The second-order valence-electron chi connectivity index (χ2n) is 8.49. The van der Waals surface area contributed by atoms with E-state index in [-0.39, 0.29) is 28.8 Å². The zero-order valence-electron chi connectivity index (χ0n) is 19.7. The highest BCUT2D eigenvalue weighted by atomic mass is 19.1. The van der Waals surface area contributed by atoms with E-state index < -0.39 is 11.7 Å². The Hall–Kier alpha value is -3.62. The van der Waals surface area contributed by atoms with Crippen LogP contribution in [0.25, 0.3) is 5.69 Å². The minimum absolute atomic E-state index is 0.0298. The fourth-order valence-corrected chi connectivity index (χ4v) is 4.22. The Balaban J connectivity index is 1.76. The smallest absolute Gasteiger partial charge is 0.350 e. The Labute approximate surface area is 197 Å². The SMILES string of the molecule is CCCC(C)Oc1cc(-n2nc3n(c2=O)CCCC3)c(F)cc1C(=O)Nc1ccccc1NC. The van der Waals surface area contributed by atoms with E-state index in [2.05, 4.69) is 15.7 Å². The van der Waals surface area contributed by atoms with Gasteiger partial charge >= 0.3 is 5.69 Å². The van der Waals surface area contributed by atoms with Crippen LogP contribution in [-0.4, -0.2) is 33.4 Å². The number of aromatic nitrogens is 3. The normalized spacial score (nSPS) is 13.8. The summed E-state index contributed by atoms with van der Waals surface area (Å²) in [6, 6.07) is 9.75. The van der Waals surface area contributed by atoms with Crippen LogP contribution in [0.2, 0.25) is 0 Å². The van der Waals surface area contributed by atoms with Gasteiger partial charge in [-0.2, -0.15) is 4.68 Å². The molecule has 0 spiro atoms. The van der Waals surface area contributed by atoms with Gasteiger partial charge in [-0.25, -0.2) is 9.18 Å². The van der Waals surface area contributed by atoms with E-state index >= 15 is 4.39 Å². The van der Waals surface area contributed by atoms with Crippen LogP contribution in [-0.2, 0) is 13.0 Å². The van der Waals surface area contributed by atoms with Crippen LogP contribution in [0.4, 0.5) is 15.8 Å². The molecule has 3 aromatic rings. The molecule has 1 atom stereocenters. The first kappa shape index (κ1) is 23.5. The second kappa shape index (κ2) is 10.1. The van der Waals surface area contributed by atoms with E-state index in [4.69, 9.17) is 4.74 Å². The van der Waals surface area contributed by atoms with Crippen molar-refractivity contribution < 1.29 is 13.9 Å². The molecule has 180 valence electrons. The summed E-state index contributed by atoms with van der Waals surface area (Å²) in [6.45, 7) is 4.50. The van der Waals surface area contributed by atoms with Crippen LogP contribution in [0.3, 0.4) is 0 Å². The number of hydrogen-bond donors (Lipinski definition) is 2. The average Bonchev–Trinajstić information content (AvgIpc) is 3.16. The van der Waals surface area contributed by atoms with Crippen molar-refractivity contribution in [3.05, 3.63) is 64.1 Å². The third-order valence-electron chi connectivity index (χ3n) is 5.96. The van der Waals surface area contributed by atoms with Gasteiger partial charge in [-0.05, 0) is 44.4 Å². The third-order valence-corrected chi connectivity index (χ3v) is 5.96. The molecule has 8 nitrogen and oxygen atoms in total. The van der Waals surface area contributed by atoms with Gasteiger partial charge in [0.15, 0.2) is 0 Å². The molecule has 0 aliphatic carbocycles. The standard InChI is InChI=1S/C25H30FN5O3/c1-4-9-16(2)34-22-15-21(31-25(33)30-13-8-7-12-23(30)29-31)18(26)14-17(22)24(32)28-20-11-6-5-10-19(20)27-3/h5-6,10-11,14-16,27H,4,7-9,12-13H2,1-3H3,(H,28,32). The number of halogens is 1. The van der Waals surface area contributed by atoms with Gasteiger partial charge in [-0.3, -0.25) is 9.36 Å². The fraction of sp³-hybridized carbons (Fsp3) is 0.400. The van der Waals surface area contributed by atoms with Crippen LogP contribution >= 0.6 is 0 Å². The molecule has 1 aliphatic rings. The lowest BCUT2D eigenvalue weighted by Gasteiger charge is -2.19. The topological polar surface area (TPSA) is 90.2 Å². The van der Waals surface area contributed by atoms with Gasteiger partial charge in [0, 0.05) is 26.1 Å². The first-order chi connectivity index (χ1) is 16.4. The van der Waals surface area contributed by atoms with E-state index in [0.717, 1.165) is 42.1 Å². The molecule has 0 fully saturated rings. The van der Waals surface area contributed by atoms with E-state index in [1.807, 2.05) is 26.0 Å². The number of anilines is 2. The highest BCUT2D eigenvalue weighted by molar-refractivity contribution is 6.07. The van der Waals surface area contributed by atoms with Gasteiger partial charge < -0.3 is 15.4 Å². The van der Waals surface area contributed by atoms with E-state index in [9.17, 15) is 9.59 Å². The van der Waals surface area contributed by atoms with Crippen molar-refractivity contribution in [1.82, 2.24) is 14.3 Å². The number of carbonyl (C=O) groups excluding carboxylic acids is 1. The van der Waals surface area contributed by atoms with Crippen molar-refractivity contribution in [2.75, 3.05) is 17.7 Å². The molecule has 2 N–H and O–H groups in total. The van der Waals surface area contributed by atoms with Crippen molar-refractivity contribution in [2.24, 2.45) is 0 Å². The predicted molar refractivity (Wildman–Crippen MR) is 130 cm³/mol. The maximum Gasteiger partial charge on any atom is 0.350 e. The summed E-state index contributed by atoms with van der Waals surface area (Å²) in [5, 5.41) is 10.2. The number of ether oxygens (including phenoxy) is 1. The number of benzene rings is 2. The predicted octanol–water partition coefficient (Wildman–Crippen LogP) is 4.37. The summed E-state index contributed by atoms with van der Waals surface area (Å²) >= 11 is 0. The maximum absolute atomic E-state index is 15.3. The number of carbonyl (C=O) groups is 1. The second-order valence-corrected chi connectivity index (χ2v) is 8.49. The minimum Gasteiger partial charge on any atom is -0.490 e. The number of nitrogens with one attached hydrogen (secondary N) is 2. The van der Waals surface area contributed by atoms with Crippen molar-refractivity contribution in [3.8, 4) is 11.4 Å². The lowest BCUT2D eigenvalue weighted by Crippen LogP contribution is -2.27. The molecule has 0 radical (unpaired) electrons. The summed E-state index contributed by atoms with van der Waals surface area (Å²) in [6.07, 6.45) is 3.94. The first-order valence-corrected chi connectivity index (χ1v) is 11.7.